The molecule has 2 heterocycles. The summed E-state index contributed by atoms with van der Waals surface area (Å²) in [7, 11) is 6.57. The summed E-state index contributed by atoms with van der Waals surface area (Å²) in [6, 6.07) is 11.5. The van der Waals surface area contributed by atoms with Gasteiger partial charge in [0.1, 0.15) is 29.1 Å². The highest BCUT2D eigenvalue weighted by atomic mass is 16.5. The third kappa shape index (κ3) is 5.17. The Morgan fingerprint density at radius 2 is 1.38 bits per heavy atom. The molecule has 0 fully saturated rings. The molecule has 4 rings (SSSR count). The fourth-order valence-electron chi connectivity index (χ4n) is 3.83. The Labute approximate surface area is 199 Å². The molecule has 0 N–H and O–H groups in total. The van der Waals surface area contributed by atoms with Crippen LogP contribution in [-0.4, -0.2) is 38.4 Å². The van der Waals surface area contributed by atoms with Crippen molar-refractivity contribution in [3.63, 3.8) is 0 Å². The smallest absolute Gasteiger partial charge is 0.225 e. The molecule has 34 heavy (non-hydrogen) atoms. The predicted molar refractivity (Wildman–Crippen MR) is 129 cm³/mol. The number of aromatic nitrogens is 2. The Bertz CT molecular complexity index is 1070. The van der Waals surface area contributed by atoms with Gasteiger partial charge in [-0.25, -0.2) is 9.97 Å². The van der Waals surface area contributed by atoms with Gasteiger partial charge in [-0.2, -0.15) is 0 Å². The molecule has 0 aliphatic carbocycles. The molecule has 1 aromatic heterocycles. The fraction of sp³-hybridized carbons (Fsp3) is 0.308. The number of hydrogen-bond donors (Lipinski definition) is 0. The quantitative estimate of drug-likeness (QED) is 0.429. The van der Waals surface area contributed by atoms with E-state index in [1.54, 1.807) is 34.7 Å². The first-order valence-electron chi connectivity index (χ1n) is 10.9. The van der Waals surface area contributed by atoms with Gasteiger partial charge in [-0.3, -0.25) is 0 Å². The molecule has 8 heteroatoms. The lowest BCUT2D eigenvalue weighted by Gasteiger charge is -2.25. The summed E-state index contributed by atoms with van der Waals surface area (Å²) in [5.41, 5.74) is 2.90. The Morgan fingerprint density at radius 1 is 0.824 bits per heavy atom. The van der Waals surface area contributed by atoms with Gasteiger partial charge in [-0.05, 0) is 30.3 Å². The van der Waals surface area contributed by atoms with E-state index in [1.807, 2.05) is 54.9 Å². The third-order valence-electron chi connectivity index (χ3n) is 5.71. The summed E-state index contributed by atoms with van der Waals surface area (Å²) in [6.45, 7) is 1.03. The summed E-state index contributed by atoms with van der Waals surface area (Å²) in [5.74, 6) is 3.51. The Hall–Kier alpha value is -3.94. The van der Waals surface area contributed by atoms with E-state index in [0.717, 1.165) is 46.1 Å². The van der Waals surface area contributed by atoms with Crippen LogP contribution in [-0.2, 0) is 17.8 Å². The zero-order valence-electron chi connectivity index (χ0n) is 19.9. The summed E-state index contributed by atoms with van der Waals surface area (Å²) in [5, 5.41) is 0. The van der Waals surface area contributed by atoms with Crippen molar-refractivity contribution in [3.8, 4) is 23.0 Å². The zero-order chi connectivity index (χ0) is 23.9. The number of anilines is 1. The molecule has 1 aliphatic heterocycles. The number of benzene rings is 2. The van der Waals surface area contributed by atoms with Gasteiger partial charge in [0.25, 0.3) is 0 Å². The molecule has 0 saturated carbocycles. The van der Waals surface area contributed by atoms with Crippen LogP contribution in [0.1, 0.15) is 29.2 Å². The standard InChI is InChI=1S/C26H29N3O5/c1-30-21-9-7-18(24(12-21)32-3)16-29(17-19-8-10-22(31-2)13-25(19)33-4)26-27-14-20(15-28-26)23-6-5-11-34-23/h5,7-15,23H,6,16-17H2,1-4H3/t23-/m0/s1. The van der Waals surface area contributed by atoms with Crippen LogP contribution in [0.2, 0.25) is 0 Å². The number of ether oxygens (including phenoxy) is 5. The predicted octanol–water partition coefficient (Wildman–Crippen LogP) is 4.69. The van der Waals surface area contributed by atoms with Crippen LogP contribution in [0.3, 0.4) is 0 Å². The van der Waals surface area contributed by atoms with Crippen molar-refractivity contribution in [2.24, 2.45) is 0 Å². The van der Waals surface area contributed by atoms with Crippen LogP contribution >= 0.6 is 0 Å². The lowest BCUT2D eigenvalue weighted by molar-refractivity contribution is 0.172. The molecule has 0 radical (unpaired) electrons. The van der Waals surface area contributed by atoms with Crippen molar-refractivity contribution in [2.45, 2.75) is 25.6 Å². The molecular formula is C26H29N3O5. The average molecular weight is 464 g/mol. The molecule has 2 aromatic carbocycles. The van der Waals surface area contributed by atoms with Gasteiger partial charge in [0.2, 0.25) is 5.95 Å². The van der Waals surface area contributed by atoms with Crippen molar-refractivity contribution >= 4 is 5.95 Å². The molecule has 1 aliphatic rings. The lowest BCUT2D eigenvalue weighted by atomic mass is 10.1. The van der Waals surface area contributed by atoms with Crippen LogP contribution < -0.4 is 23.8 Å². The van der Waals surface area contributed by atoms with Crippen LogP contribution in [0.25, 0.3) is 0 Å². The largest absolute Gasteiger partial charge is 0.497 e. The monoisotopic (exact) mass is 463 g/mol. The molecule has 1 atom stereocenters. The van der Waals surface area contributed by atoms with E-state index in [1.165, 1.54) is 0 Å². The second-order valence-electron chi connectivity index (χ2n) is 7.76. The van der Waals surface area contributed by atoms with Crippen LogP contribution in [0.4, 0.5) is 5.95 Å². The van der Waals surface area contributed by atoms with Gasteiger partial charge in [0.05, 0.1) is 34.7 Å². The summed E-state index contributed by atoms with van der Waals surface area (Å²) in [6.07, 6.45) is 8.14. The minimum Gasteiger partial charge on any atom is -0.497 e. The second-order valence-corrected chi connectivity index (χ2v) is 7.76. The van der Waals surface area contributed by atoms with Gasteiger partial charge in [0, 0.05) is 60.7 Å². The van der Waals surface area contributed by atoms with Crippen molar-refractivity contribution < 1.29 is 23.7 Å². The van der Waals surface area contributed by atoms with Gasteiger partial charge in [-0.15, -0.1) is 0 Å². The van der Waals surface area contributed by atoms with Gasteiger partial charge >= 0.3 is 0 Å². The maximum atomic E-state index is 5.62. The maximum Gasteiger partial charge on any atom is 0.225 e. The van der Waals surface area contributed by atoms with Crippen LogP contribution in [0.5, 0.6) is 23.0 Å². The molecule has 0 bridgehead atoms. The van der Waals surface area contributed by atoms with Crippen LogP contribution in [0, 0.1) is 0 Å². The zero-order valence-corrected chi connectivity index (χ0v) is 19.9. The lowest BCUT2D eigenvalue weighted by Crippen LogP contribution is -2.25. The van der Waals surface area contributed by atoms with Crippen molar-refractivity contribution in [1.82, 2.24) is 9.97 Å². The van der Waals surface area contributed by atoms with Crippen molar-refractivity contribution in [1.29, 1.82) is 0 Å². The minimum absolute atomic E-state index is 0.0362. The number of hydrogen-bond acceptors (Lipinski definition) is 8. The van der Waals surface area contributed by atoms with Gasteiger partial charge in [0.15, 0.2) is 0 Å². The Balaban J connectivity index is 1.66. The molecular weight excluding hydrogens is 434 g/mol. The average Bonchev–Trinajstić information content (AvgIpc) is 3.44. The second kappa shape index (κ2) is 10.8. The van der Waals surface area contributed by atoms with E-state index in [-0.39, 0.29) is 6.10 Å². The van der Waals surface area contributed by atoms with E-state index in [2.05, 4.69) is 14.9 Å². The molecule has 0 unspecified atom stereocenters. The number of rotatable bonds is 10. The first-order valence-corrected chi connectivity index (χ1v) is 10.9. The van der Waals surface area contributed by atoms with E-state index < -0.39 is 0 Å². The first kappa shape index (κ1) is 23.2. The highest BCUT2D eigenvalue weighted by molar-refractivity contribution is 5.47. The minimum atomic E-state index is -0.0362. The maximum absolute atomic E-state index is 5.62. The molecule has 8 nitrogen and oxygen atoms in total. The van der Waals surface area contributed by atoms with E-state index in [9.17, 15) is 0 Å². The highest BCUT2D eigenvalue weighted by Crippen LogP contribution is 2.31. The van der Waals surface area contributed by atoms with Crippen molar-refractivity contribution in [2.75, 3.05) is 33.3 Å². The normalized spacial score (nSPS) is 14.4. The first-order chi connectivity index (χ1) is 16.6. The molecule has 3 aromatic rings. The number of methoxy groups -OCH3 is 4. The van der Waals surface area contributed by atoms with Gasteiger partial charge < -0.3 is 28.6 Å². The summed E-state index contributed by atoms with van der Waals surface area (Å²) >= 11 is 0. The molecule has 0 amide bonds. The SMILES string of the molecule is COc1ccc(CN(Cc2ccc(OC)cc2OC)c2ncc([C@@H]3CC=CO3)cn2)c(OC)c1. The summed E-state index contributed by atoms with van der Waals surface area (Å²) < 4.78 is 27.5. The topological polar surface area (TPSA) is 75.2 Å². The molecule has 0 spiro atoms. The van der Waals surface area contributed by atoms with E-state index >= 15 is 0 Å². The van der Waals surface area contributed by atoms with Gasteiger partial charge in [-0.1, -0.05) is 0 Å². The third-order valence-corrected chi connectivity index (χ3v) is 5.71. The van der Waals surface area contributed by atoms with E-state index in [0.29, 0.717) is 19.0 Å². The fourth-order valence-corrected chi connectivity index (χ4v) is 3.83. The summed E-state index contributed by atoms with van der Waals surface area (Å²) in [4.78, 5) is 11.4. The Kier molecular flexibility index (Phi) is 7.37. The van der Waals surface area contributed by atoms with Crippen LogP contribution in [0.15, 0.2) is 61.1 Å². The molecule has 0 saturated heterocycles. The highest BCUT2D eigenvalue weighted by Gasteiger charge is 2.19. The number of nitrogens with zero attached hydrogens (tertiary/aromatic N) is 3. The van der Waals surface area contributed by atoms with E-state index in [4.69, 9.17) is 23.7 Å². The Morgan fingerprint density at radius 3 is 1.82 bits per heavy atom. The van der Waals surface area contributed by atoms with Crippen molar-refractivity contribution in [3.05, 3.63) is 77.8 Å². The molecule has 178 valence electrons.